The molecule has 6 heteroatoms. The highest BCUT2D eigenvalue weighted by atomic mass is 79.9. The van der Waals surface area contributed by atoms with Crippen LogP contribution in [-0.4, -0.2) is 26.7 Å². The SMILES string of the molecule is CC[C@H](NCC(=O)Nc1cc(OC)ccc1OC)c1ccc(Br)cc1. The number of rotatable bonds is 8. The minimum absolute atomic E-state index is 0.117. The van der Waals surface area contributed by atoms with Crippen LogP contribution in [0.5, 0.6) is 11.5 Å². The first-order valence-corrected chi connectivity index (χ1v) is 8.87. The summed E-state index contributed by atoms with van der Waals surface area (Å²) in [4.78, 5) is 12.3. The molecule has 2 aromatic rings. The van der Waals surface area contributed by atoms with E-state index in [1.54, 1.807) is 32.4 Å². The molecule has 2 rings (SSSR count). The molecule has 2 N–H and O–H groups in total. The summed E-state index contributed by atoms with van der Waals surface area (Å²) in [6.45, 7) is 2.29. The maximum Gasteiger partial charge on any atom is 0.238 e. The lowest BCUT2D eigenvalue weighted by atomic mass is 10.0. The fourth-order valence-electron chi connectivity index (χ4n) is 2.52. The van der Waals surface area contributed by atoms with E-state index >= 15 is 0 Å². The summed E-state index contributed by atoms with van der Waals surface area (Å²) in [5.74, 6) is 1.11. The number of halogens is 1. The molecule has 0 aliphatic heterocycles. The third kappa shape index (κ3) is 5.47. The fraction of sp³-hybridized carbons (Fsp3) is 0.316. The van der Waals surface area contributed by atoms with Gasteiger partial charge in [-0.1, -0.05) is 35.0 Å². The van der Waals surface area contributed by atoms with Crippen molar-refractivity contribution >= 4 is 27.5 Å². The molecule has 5 nitrogen and oxygen atoms in total. The minimum Gasteiger partial charge on any atom is -0.497 e. The van der Waals surface area contributed by atoms with Gasteiger partial charge in [0, 0.05) is 16.6 Å². The molecule has 2 aromatic carbocycles. The van der Waals surface area contributed by atoms with Gasteiger partial charge in [0.1, 0.15) is 11.5 Å². The number of carbonyl (C=O) groups is 1. The highest BCUT2D eigenvalue weighted by molar-refractivity contribution is 9.10. The molecule has 25 heavy (non-hydrogen) atoms. The molecule has 1 atom stereocenters. The predicted octanol–water partition coefficient (Wildman–Crippen LogP) is 4.15. The Bertz CT molecular complexity index is 704. The van der Waals surface area contributed by atoms with Crippen molar-refractivity contribution in [3.8, 4) is 11.5 Å². The first-order valence-electron chi connectivity index (χ1n) is 8.08. The van der Waals surface area contributed by atoms with Crippen molar-refractivity contribution in [2.75, 3.05) is 26.1 Å². The van der Waals surface area contributed by atoms with Crippen LogP contribution < -0.4 is 20.1 Å². The second-order valence-electron chi connectivity index (χ2n) is 5.51. The maximum atomic E-state index is 12.3. The Morgan fingerprint density at radius 3 is 2.44 bits per heavy atom. The Morgan fingerprint density at radius 2 is 1.84 bits per heavy atom. The molecule has 0 fully saturated rings. The van der Waals surface area contributed by atoms with Gasteiger partial charge in [-0.15, -0.1) is 0 Å². The van der Waals surface area contributed by atoms with E-state index in [4.69, 9.17) is 9.47 Å². The van der Waals surface area contributed by atoms with Crippen LogP contribution in [0.2, 0.25) is 0 Å². The van der Waals surface area contributed by atoms with Crippen LogP contribution in [0.4, 0.5) is 5.69 Å². The van der Waals surface area contributed by atoms with E-state index in [1.807, 2.05) is 24.3 Å². The molecule has 0 aromatic heterocycles. The second kappa shape index (κ2) is 9.44. The van der Waals surface area contributed by atoms with Gasteiger partial charge in [0.05, 0.1) is 26.5 Å². The van der Waals surface area contributed by atoms with Gasteiger partial charge in [-0.25, -0.2) is 0 Å². The Balaban J connectivity index is 1.98. The number of ether oxygens (including phenoxy) is 2. The Hall–Kier alpha value is -2.05. The standard InChI is InChI=1S/C19H23BrN2O3/c1-4-16(13-5-7-14(20)8-6-13)21-12-19(23)22-17-11-15(24-2)9-10-18(17)25-3/h5-11,16,21H,4,12H2,1-3H3,(H,22,23)/t16-/m0/s1. The molecular weight excluding hydrogens is 384 g/mol. The van der Waals surface area contributed by atoms with Crippen molar-refractivity contribution in [2.24, 2.45) is 0 Å². The normalized spacial score (nSPS) is 11.7. The number of hydrogen-bond acceptors (Lipinski definition) is 4. The summed E-state index contributed by atoms with van der Waals surface area (Å²) in [5, 5.41) is 6.15. The number of amides is 1. The minimum atomic E-state index is -0.137. The molecular formula is C19H23BrN2O3. The molecule has 0 radical (unpaired) electrons. The highest BCUT2D eigenvalue weighted by Gasteiger charge is 2.13. The van der Waals surface area contributed by atoms with Crippen molar-refractivity contribution in [1.82, 2.24) is 5.32 Å². The van der Waals surface area contributed by atoms with Crippen molar-refractivity contribution in [3.05, 3.63) is 52.5 Å². The molecule has 0 saturated carbocycles. The lowest BCUT2D eigenvalue weighted by Crippen LogP contribution is -2.31. The Kier molecular flexibility index (Phi) is 7.28. The molecule has 134 valence electrons. The highest BCUT2D eigenvalue weighted by Crippen LogP contribution is 2.28. The monoisotopic (exact) mass is 406 g/mol. The summed E-state index contributed by atoms with van der Waals surface area (Å²) in [7, 11) is 3.15. The summed E-state index contributed by atoms with van der Waals surface area (Å²) >= 11 is 3.43. The molecule has 0 saturated heterocycles. The van der Waals surface area contributed by atoms with Crippen LogP contribution in [-0.2, 0) is 4.79 Å². The second-order valence-corrected chi connectivity index (χ2v) is 6.42. The largest absolute Gasteiger partial charge is 0.497 e. The van der Waals surface area contributed by atoms with Crippen LogP contribution in [0.15, 0.2) is 46.9 Å². The smallest absolute Gasteiger partial charge is 0.238 e. The molecule has 0 bridgehead atoms. The zero-order chi connectivity index (χ0) is 18.2. The first kappa shape index (κ1) is 19.3. The van der Waals surface area contributed by atoms with Crippen molar-refractivity contribution in [1.29, 1.82) is 0 Å². The number of benzene rings is 2. The maximum absolute atomic E-state index is 12.3. The zero-order valence-electron chi connectivity index (χ0n) is 14.6. The van der Waals surface area contributed by atoms with Crippen LogP contribution in [0.3, 0.4) is 0 Å². The van der Waals surface area contributed by atoms with E-state index in [1.165, 1.54) is 0 Å². The van der Waals surface area contributed by atoms with Crippen LogP contribution >= 0.6 is 15.9 Å². The lowest BCUT2D eigenvalue weighted by Gasteiger charge is -2.18. The zero-order valence-corrected chi connectivity index (χ0v) is 16.2. The fourth-order valence-corrected chi connectivity index (χ4v) is 2.78. The number of methoxy groups -OCH3 is 2. The summed E-state index contributed by atoms with van der Waals surface area (Å²) in [5.41, 5.74) is 1.74. The van der Waals surface area contributed by atoms with Gasteiger partial charge >= 0.3 is 0 Å². The Morgan fingerprint density at radius 1 is 1.12 bits per heavy atom. The van der Waals surface area contributed by atoms with Crippen molar-refractivity contribution in [2.45, 2.75) is 19.4 Å². The van der Waals surface area contributed by atoms with Crippen LogP contribution in [0.1, 0.15) is 24.9 Å². The van der Waals surface area contributed by atoms with Gasteiger partial charge in [-0.2, -0.15) is 0 Å². The number of nitrogens with one attached hydrogen (secondary N) is 2. The summed E-state index contributed by atoms with van der Waals surface area (Å²) in [6, 6.07) is 13.5. The molecule has 0 aliphatic rings. The van der Waals surface area contributed by atoms with Crippen LogP contribution in [0, 0.1) is 0 Å². The van der Waals surface area contributed by atoms with E-state index in [2.05, 4.69) is 33.5 Å². The predicted molar refractivity (Wildman–Crippen MR) is 103 cm³/mol. The first-order chi connectivity index (χ1) is 12.1. The molecule has 0 unspecified atom stereocenters. The van der Waals surface area contributed by atoms with Gasteiger partial charge in [0.25, 0.3) is 0 Å². The van der Waals surface area contributed by atoms with Gasteiger partial charge in [-0.05, 0) is 36.2 Å². The summed E-state index contributed by atoms with van der Waals surface area (Å²) < 4.78 is 11.5. The van der Waals surface area contributed by atoms with Crippen molar-refractivity contribution < 1.29 is 14.3 Å². The van der Waals surface area contributed by atoms with Gasteiger partial charge in [0.15, 0.2) is 0 Å². The average molecular weight is 407 g/mol. The lowest BCUT2D eigenvalue weighted by molar-refractivity contribution is -0.115. The third-order valence-corrected chi connectivity index (χ3v) is 4.40. The molecule has 0 spiro atoms. The molecule has 0 heterocycles. The topological polar surface area (TPSA) is 59.6 Å². The van der Waals surface area contributed by atoms with E-state index < -0.39 is 0 Å². The van der Waals surface area contributed by atoms with Gasteiger partial charge in [0.2, 0.25) is 5.91 Å². The van der Waals surface area contributed by atoms with E-state index in [0.29, 0.717) is 17.2 Å². The molecule has 1 amide bonds. The van der Waals surface area contributed by atoms with Gasteiger partial charge < -0.3 is 20.1 Å². The van der Waals surface area contributed by atoms with E-state index in [0.717, 1.165) is 16.5 Å². The Labute approximate surface area is 156 Å². The van der Waals surface area contributed by atoms with Gasteiger partial charge in [-0.3, -0.25) is 4.79 Å². The summed E-state index contributed by atoms with van der Waals surface area (Å²) in [6.07, 6.45) is 0.886. The number of carbonyl (C=O) groups excluding carboxylic acids is 1. The quantitative estimate of drug-likeness (QED) is 0.691. The molecule has 0 aliphatic carbocycles. The number of anilines is 1. The van der Waals surface area contributed by atoms with E-state index in [9.17, 15) is 4.79 Å². The third-order valence-electron chi connectivity index (χ3n) is 3.87. The average Bonchev–Trinajstić information content (AvgIpc) is 2.63. The van der Waals surface area contributed by atoms with Crippen LogP contribution in [0.25, 0.3) is 0 Å². The van der Waals surface area contributed by atoms with Crippen molar-refractivity contribution in [3.63, 3.8) is 0 Å². The van der Waals surface area contributed by atoms with E-state index in [-0.39, 0.29) is 18.5 Å². The number of hydrogen-bond donors (Lipinski definition) is 2.